The van der Waals surface area contributed by atoms with E-state index in [1.165, 1.54) is 32.1 Å². The smallest absolute Gasteiger partial charge is 0.0730 e. The Balaban J connectivity index is 1.79. The van der Waals surface area contributed by atoms with Crippen molar-refractivity contribution >= 4 is 0 Å². The van der Waals surface area contributed by atoms with E-state index in [0.29, 0.717) is 18.1 Å². The number of rotatable bonds is 6. The van der Waals surface area contributed by atoms with Crippen LogP contribution in [0.5, 0.6) is 0 Å². The molecule has 4 unspecified atom stereocenters. The van der Waals surface area contributed by atoms with E-state index in [0.717, 1.165) is 32.3 Å². The van der Waals surface area contributed by atoms with Crippen molar-refractivity contribution in [2.75, 3.05) is 26.4 Å². The van der Waals surface area contributed by atoms with Crippen LogP contribution >= 0.6 is 0 Å². The Kier molecular flexibility index (Phi) is 5.93. The van der Waals surface area contributed by atoms with Crippen molar-refractivity contribution in [2.24, 2.45) is 11.8 Å². The van der Waals surface area contributed by atoms with Gasteiger partial charge in [0.2, 0.25) is 0 Å². The second-order valence-corrected chi connectivity index (χ2v) is 5.85. The molecule has 1 aliphatic heterocycles. The maximum Gasteiger partial charge on any atom is 0.0730 e. The third-order valence-electron chi connectivity index (χ3n) is 4.51. The molecule has 0 bridgehead atoms. The first-order valence-corrected chi connectivity index (χ1v) is 7.76. The van der Waals surface area contributed by atoms with E-state index in [1.807, 2.05) is 0 Å². The van der Waals surface area contributed by atoms with Crippen LogP contribution in [0.15, 0.2) is 0 Å². The molecule has 2 fully saturated rings. The topological polar surface area (TPSA) is 30.5 Å². The van der Waals surface area contributed by atoms with Crippen molar-refractivity contribution in [3.05, 3.63) is 0 Å². The van der Waals surface area contributed by atoms with Gasteiger partial charge in [-0.05, 0) is 38.1 Å². The molecule has 4 atom stereocenters. The van der Waals surface area contributed by atoms with Gasteiger partial charge in [0.15, 0.2) is 0 Å². The fourth-order valence-corrected chi connectivity index (χ4v) is 3.24. The average molecular weight is 255 g/mol. The zero-order valence-corrected chi connectivity index (χ0v) is 12.0. The molecule has 0 aromatic heterocycles. The van der Waals surface area contributed by atoms with Crippen molar-refractivity contribution in [1.29, 1.82) is 0 Å². The summed E-state index contributed by atoms with van der Waals surface area (Å²) in [6.07, 6.45) is 6.77. The summed E-state index contributed by atoms with van der Waals surface area (Å²) >= 11 is 0. The van der Waals surface area contributed by atoms with Crippen molar-refractivity contribution < 1.29 is 9.47 Å². The third kappa shape index (κ3) is 3.94. The van der Waals surface area contributed by atoms with Crippen LogP contribution in [-0.4, -0.2) is 38.5 Å². The highest BCUT2D eigenvalue weighted by atomic mass is 16.5. The zero-order valence-electron chi connectivity index (χ0n) is 12.0. The molecule has 1 saturated heterocycles. The minimum Gasteiger partial charge on any atom is -0.381 e. The number of nitrogens with one attached hydrogen (secondary N) is 1. The SMILES string of the molecule is CCNC1CCC(CC)CC1OCC1CCOC1. The molecule has 0 amide bonds. The number of hydrogen-bond acceptors (Lipinski definition) is 3. The molecule has 0 spiro atoms. The van der Waals surface area contributed by atoms with E-state index >= 15 is 0 Å². The van der Waals surface area contributed by atoms with Crippen LogP contribution in [0.25, 0.3) is 0 Å². The molecular formula is C15H29NO2. The van der Waals surface area contributed by atoms with Crippen LogP contribution in [0, 0.1) is 11.8 Å². The molecule has 3 heteroatoms. The Morgan fingerprint density at radius 1 is 1.17 bits per heavy atom. The monoisotopic (exact) mass is 255 g/mol. The summed E-state index contributed by atoms with van der Waals surface area (Å²) in [7, 11) is 0. The highest BCUT2D eigenvalue weighted by Gasteiger charge is 2.30. The molecule has 1 saturated carbocycles. The fourth-order valence-electron chi connectivity index (χ4n) is 3.24. The maximum atomic E-state index is 6.22. The molecule has 106 valence electrons. The summed E-state index contributed by atoms with van der Waals surface area (Å²) in [5, 5.41) is 3.60. The number of hydrogen-bond donors (Lipinski definition) is 1. The van der Waals surface area contributed by atoms with Crippen molar-refractivity contribution in [1.82, 2.24) is 5.32 Å². The molecule has 2 rings (SSSR count). The van der Waals surface area contributed by atoms with Gasteiger partial charge in [-0.3, -0.25) is 0 Å². The van der Waals surface area contributed by atoms with Crippen LogP contribution < -0.4 is 5.32 Å². The fraction of sp³-hybridized carbons (Fsp3) is 1.00. The molecule has 1 N–H and O–H groups in total. The lowest BCUT2D eigenvalue weighted by Crippen LogP contribution is -2.46. The van der Waals surface area contributed by atoms with E-state index in [9.17, 15) is 0 Å². The molecule has 3 nitrogen and oxygen atoms in total. The number of ether oxygens (including phenoxy) is 2. The van der Waals surface area contributed by atoms with Crippen LogP contribution in [0.4, 0.5) is 0 Å². The van der Waals surface area contributed by atoms with E-state index in [1.54, 1.807) is 0 Å². The zero-order chi connectivity index (χ0) is 12.8. The van der Waals surface area contributed by atoms with E-state index < -0.39 is 0 Å². The highest BCUT2D eigenvalue weighted by molar-refractivity contribution is 4.85. The second-order valence-electron chi connectivity index (χ2n) is 5.85. The highest BCUT2D eigenvalue weighted by Crippen LogP contribution is 2.29. The van der Waals surface area contributed by atoms with Gasteiger partial charge in [-0.1, -0.05) is 20.3 Å². The Morgan fingerprint density at radius 3 is 2.72 bits per heavy atom. The Bertz CT molecular complexity index is 229. The van der Waals surface area contributed by atoms with Crippen LogP contribution in [-0.2, 0) is 9.47 Å². The molecule has 0 aromatic rings. The third-order valence-corrected chi connectivity index (χ3v) is 4.51. The van der Waals surface area contributed by atoms with Gasteiger partial charge in [0, 0.05) is 18.6 Å². The van der Waals surface area contributed by atoms with Gasteiger partial charge < -0.3 is 14.8 Å². The Morgan fingerprint density at radius 2 is 2.06 bits per heavy atom. The number of likely N-dealkylation sites (N-methyl/N-ethyl adjacent to an activating group) is 1. The lowest BCUT2D eigenvalue weighted by molar-refractivity contribution is -0.0264. The van der Waals surface area contributed by atoms with Gasteiger partial charge in [-0.15, -0.1) is 0 Å². The van der Waals surface area contributed by atoms with Crippen molar-refractivity contribution in [3.8, 4) is 0 Å². The Hall–Kier alpha value is -0.120. The normalized spacial score (nSPS) is 37.0. The van der Waals surface area contributed by atoms with Crippen LogP contribution in [0.2, 0.25) is 0 Å². The molecular weight excluding hydrogens is 226 g/mol. The van der Waals surface area contributed by atoms with Gasteiger partial charge in [-0.2, -0.15) is 0 Å². The summed E-state index contributed by atoms with van der Waals surface area (Å²) in [5.41, 5.74) is 0. The first-order valence-electron chi connectivity index (χ1n) is 7.76. The quantitative estimate of drug-likeness (QED) is 0.791. The van der Waals surface area contributed by atoms with E-state index in [-0.39, 0.29) is 0 Å². The summed E-state index contributed by atoms with van der Waals surface area (Å²) in [6.45, 7) is 8.26. The molecule has 0 aromatic carbocycles. The average Bonchev–Trinajstić information content (AvgIpc) is 2.91. The van der Waals surface area contributed by atoms with E-state index in [2.05, 4.69) is 19.2 Å². The predicted molar refractivity (Wildman–Crippen MR) is 73.8 cm³/mol. The Labute approximate surface area is 112 Å². The predicted octanol–water partition coefficient (Wildman–Crippen LogP) is 2.60. The molecule has 0 radical (unpaired) electrons. The lowest BCUT2D eigenvalue weighted by Gasteiger charge is -2.36. The van der Waals surface area contributed by atoms with Gasteiger partial charge in [0.05, 0.1) is 19.3 Å². The van der Waals surface area contributed by atoms with Crippen molar-refractivity contribution in [2.45, 2.75) is 58.1 Å². The minimum atomic E-state index is 0.421. The van der Waals surface area contributed by atoms with Crippen LogP contribution in [0.3, 0.4) is 0 Å². The summed E-state index contributed by atoms with van der Waals surface area (Å²) in [6, 6.07) is 0.570. The molecule has 2 aliphatic rings. The molecule has 1 heterocycles. The van der Waals surface area contributed by atoms with Crippen molar-refractivity contribution in [3.63, 3.8) is 0 Å². The first-order chi connectivity index (χ1) is 8.83. The largest absolute Gasteiger partial charge is 0.381 e. The lowest BCUT2D eigenvalue weighted by atomic mass is 9.82. The minimum absolute atomic E-state index is 0.421. The summed E-state index contributed by atoms with van der Waals surface area (Å²) in [4.78, 5) is 0. The van der Waals surface area contributed by atoms with Gasteiger partial charge in [-0.25, -0.2) is 0 Å². The van der Waals surface area contributed by atoms with Gasteiger partial charge in [0.25, 0.3) is 0 Å². The van der Waals surface area contributed by atoms with E-state index in [4.69, 9.17) is 9.47 Å². The summed E-state index contributed by atoms with van der Waals surface area (Å²) in [5.74, 6) is 1.50. The van der Waals surface area contributed by atoms with Crippen LogP contribution in [0.1, 0.15) is 46.0 Å². The summed E-state index contributed by atoms with van der Waals surface area (Å²) < 4.78 is 11.6. The van der Waals surface area contributed by atoms with Gasteiger partial charge >= 0.3 is 0 Å². The molecule has 1 aliphatic carbocycles. The molecule has 18 heavy (non-hydrogen) atoms. The second kappa shape index (κ2) is 7.46. The van der Waals surface area contributed by atoms with Gasteiger partial charge in [0.1, 0.15) is 0 Å². The first kappa shape index (κ1) is 14.3. The standard InChI is InChI=1S/C15H29NO2/c1-3-12-5-6-14(16-4-2)15(9-12)18-11-13-7-8-17-10-13/h12-16H,3-11H2,1-2H3. The maximum absolute atomic E-state index is 6.22.